The van der Waals surface area contributed by atoms with Gasteiger partial charge in [0.2, 0.25) is 0 Å². The van der Waals surface area contributed by atoms with Gasteiger partial charge in [0.15, 0.2) is 0 Å². The Labute approximate surface area is 132 Å². The van der Waals surface area contributed by atoms with Crippen LogP contribution in [-0.4, -0.2) is 49.1 Å². The minimum Gasteiger partial charge on any atom is -0.468 e. The summed E-state index contributed by atoms with van der Waals surface area (Å²) in [7, 11) is 0. The lowest BCUT2D eigenvalue weighted by Gasteiger charge is -2.34. The second-order valence-corrected chi connectivity index (χ2v) is 5.86. The topological polar surface area (TPSA) is 31.6 Å². The number of hydrogen-bond donors (Lipinski definition) is 1. The first kappa shape index (κ1) is 15.3. The molecule has 0 atom stereocenters. The van der Waals surface area contributed by atoms with Gasteiger partial charge < -0.3 is 9.73 Å². The van der Waals surface area contributed by atoms with Crippen LogP contribution in [0.4, 0.5) is 0 Å². The van der Waals surface area contributed by atoms with Gasteiger partial charge in [-0.1, -0.05) is 30.3 Å². The third-order valence-corrected chi connectivity index (χ3v) is 4.20. The molecule has 0 spiro atoms. The summed E-state index contributed by atoms with van der Waals surface area (Å²) in [6.07, 6.45) is 1.73. The zero-order valence-electron chi connectivity index (χ0n) is 13.1. The molecule has 0 aliphatic carbocycles. The lowest BCUT2D eigenvalue weighted by atomic mass is 10.2. The summed E-state index contributed by atoms with van der Waals surface area (Å²) in [4.78, 5) is 5.08. The van der Waals surface area contributed by atoms with Crippen molar-refractivity contribution in [1.82, 2.24) is 15.1 Å². The van der Waals surface area contributed by atoms with Crippen LogP contribution < -0.4 is 5.32 Å². The highest BCUT2D eigenvalue weighted by Gasteiger charge is 2.16. The fraction of sp³-hybridized carbons (Fsp3) is 0.444. The van der Waals surface area contributed by atoms with E-state index in [4.69, 9.17) is 4.42 Å². The fourth-order valence-corrected chi connectivity index (χ4v) is 2.87. The average Bonchev–Trinajstić information content (AvgIpc) is 3.07. The number of benzene rings is 1. The highest BCUT2D eigenvalue weighted by molar-refractivity contribution is 5.14. The summed E-state index contributed by atoms with van der Waals surface area (Å²) in [5, 5.41) is 3.44. The number of piperazine rings is 1. The van der Waals surface area contributed by atoms with Gasteiger partial charge in [0.25, 0.3) is 0 Å². The van der Waals surface area contributed by atoms with Crippen LogP contribution in [0, 0.1) is 0 Å². The number of hydrogen-bond acceptors (Lipinski definition) is 4. The Kier molecular flexibility index (Phi) is 5.65. The lowest BCUT2D eigenvalue weighted by Crippen LogP contribution is -2.47. The van der Waals surface area contributed by atoms with Crippen molar-refractivity contribution in [3.05, 3.63) is 60.1 Å². The number of rotatable bonds is 7. The van der Waals surface area contributed by atoms with Gasteiger partial charge in [-0.05, 0) is 17.7 Å². The van der Waals surface area contributed by atoms with Gasteiger partial charge in [-0.2, -0.15) is 0 Å². The molecule has 1 aliphatic rings. The van der Waals surface area contributed by atoms with Crippen LogP contribution in [0.3, 0.4) is 0 Å². The van der Waals surface area contributed by atoms with Crippen LogP contribution >= 0.6 is 0 Å². The van der Waals surface area contributed by atoms with Crippen LogP contribution in [0.25, 0.3) is 0 Å². The second kappa shape index (κ2) is 8.13. The Morgan fingerprint density at radius 2 is 1.68 bits per heavy atom. The van der Waals surface area contributed by atoms with Gasteiger partial charge in [0.1, 0.15) is 5.76 Å². The van der Waals surface area contributed by atoms with E-state index in [1.165, 1.54) is 5.56 Å². The molecule has 2 aromatic rings. The standard InChI is InChI=1S/C18H25N3O/c1-2-5-17(6-3-1)16-21-12-10-20(11-13-21)9-8-19-15-18-7-4-14-22-18/h1-7,14,19H,8-13,15-16H2. The smallest absolute Gasteiger partial charge is 0.117 e. The van der Waals surface area contributed by atoms with E-state index in [0.717, 1.165) is 58.1 Å². The Morgan fingerprint density at radius 1 is 0.909 bits per heavy atom. The van der Waals surface area contributed by atoms with E-state index >= 15 is 0 Å². The molecule has 1 saturated heterocycles. The van der Waals surface area contributed by atoms with E-state index in [1.807, 2.05) is 12.1 Å². The Morgan fingerprint density at radius 3 is 2.41 bits per heavy atom. The molecule has 118 valence electrons. The van der Waals surface area contributed by atoms with E-state index < -0.39 is 0 Å². The Bertz CT molecular complexity index is 519. The van der Waals surface area contributed by atoms with Crippen molar-refractivity contribution in [2.45, 2.75) is 13.1 Å². The van der Waals surface area contributed by atoms with E-state index in [1.54, 1.807) is 6.26 Å². The predicted molar refractivity (Wildman–Crippen MR) is 88.6 cm³/mol. The van der Waals surface area contributed by atoms with Crippen molar-refractivity contribution in [1.29, 1.82) is 0 Å². The summed E-state index contributed by atoms with van der Waals surface area (Å²) >= 11 is 0. The van der Waals surface area contributed by atoms with Gasteiger partial charge in [0.05, 0.1) is 12.8 Å². The number of nitrogens with one attached hydrogen (secondary N) is 1. The van der Waals surface area contributed by atoms with Crippen molar-refractivity contribution in [2.24, 2.45) is 0 Å². The third-order valence-electron chi connectivity index (χ3n) is 4.20. The summed E-state index contributed by atoms with van der Waals surface area (Å²) in [6.45, 7) is 8.66. The van der Waals surface area contributed by atoms with E-state index in [9.17, 15) is 0 Å². The van der Waals surface area contributed by atoms with Crippen LogP contribution in [-0.2, 0) is 13.1 Å². The zero-order chi connectivity index (χ0) is 15.0. The molecule has 4 heteroatoms. The zero-order valence-corrected chi connectivity index (χ0v) is 13.1. The predicted octanol–water partition coefficient (Wildman–Crippen LogP) is 2.19. The van der Waals surface area contributed by atoms with Crippen molar-refractivity contribution in [2.75, 3.05) is 39.3 Å². The molecule has 1 aromatic carbocycles. The Hall–Kier alpha value is -1.62. The highest BCUT2D eigenvalue weighted by atomic mass is 16.3. The summed E-state index contributed by atoms with van der Waals surface area (Å²) in [5.41, 5.74) is 1.41. The van der Waals surface area contributed by atoms with E-state index in [0.29, 0.717) is 0 Å². The van der Waals surface area contributed by atoms with Gasteiger partial charge in [-0.15, -0.1) is 0 Å². The van der Waals surface area contributed by atoms with Crippen molar-refractivity contribution >= 4 is 0 Å². The molecule has 1 aromatic heterocycles. The number of nitrogens with zero attached hydrogens (tertiary/aromatic N) is 2. The average molecular weight is 299 g/mol. The Balaban J connectivity index is 1.30. The summed E-state index contributed by atoms with van der Waals surface area (Å²) in [6, 6.07) is 14.7. The SMILES string of the molecule is c1ccc(CN2CCN(CCNCc3ccco3)CC2)cc1. The minimum atomic E-state index is 0.820. The maximum Gasteiger partial charge on any atom is 0.117 e. The van der Waals surface area contributed by atoms with Gasteiger partial charge in [0, 0.05) is 45.8 Å². The lowest BCUT2D eigenvalue weighted by molar-refractivity contribution is 0.127. The summed E-state index contributed by atoms with van der Waals surface area (Å²) < 4.78 is 5.31. The molecular weight excluding hydrogens is 274 g/mol. The second-order valence-electron chi connectivity index (χ2n) is 5.86. The van der Waals surface area contributed by atoms with E-state index in [2.05, 4.69) is 45.4 Å². The van der Waals surface area contributed by atoms with Crippen LogP contribution in [0.2, 0.25) is 0 Å². The molecule has 22 heavy (non-hydrogen) atoms. The van der Waals surface area contributed by atoms with Crippen LogP contribution in [0.5, 0.6) is 0 Å². The first-order valence-corrected chi connectivity index (χ1v) is 8.12. The molecule has 3 rings (SSSR count). The largest absolute Gasteiger partial charge is 0.468 e. The van der Waals surface area contributed by atoms with Crippen LogP contribution in [0.1, 0.15) is 11.3 Å². The first-order chi connectivity index (χ1) is 10.9. The maximum atomic E-state index is 5.31. The molecular formula is C18H25N3O. The monoisotopic (exact) mass is 299 g/mol. The van der Waals surface area contributed by atoms with Crippen molar-refractivity contribution in [3.63, 3.8) is 0 Å². The molecule has 0 amide bonds. The van der Waals surface area contributed by atoms with Gasteiger partial charge in [-0.25, -0.2) is 0 Å². The van der Waals surface area contributed by atoms with Crippen molar-refractivity contribution < 1.29 is 4.42 Å². The molecule has 2 heterocycles. The summed E-state index contributed by atoms with van der Waals surface area (Å²) in [5.74, 6) is 1.01. The van der Waals surface area contributed by atoms with E-state index in [-0.39, 0.29) is 0 Å². The first-order valence-electron chi connectivity index (χ1n) is 8.12. The number of furan rings is 1. The van der Waals surface area contributed by atoms with Crippen molar-refractivity contribution in [3.8, 4) is 0 Å². The highest BCUT2D eigenvalue weighted by Crippen LogP contribution is 2.08. The molecule has 1 N–H and O–H groups in total. The normalized spacial score (nSPS) is 16.9. The van der Waals surface area contributed by atoms with Gasteiger partial charge in [-0.3, -0.25) is 9.80 Å². The molecule has 0 saturated carbocycles. The minimum absolute atomic E-state index is 0.820. The molecule has 0 bridgehead atoms. The molecule has 1 fully saturated rings. The fourth-order valence-electron chi connectivity index (χ4n) is 2.87. The molecule has 0 radical (unpaired) electrons. The third kappa shape index (κ3) is 4.70. The quantitative estimate of drug-likeness (QED) is 0.794. The van der Waals surface area contributed by atoms with Gasteiger partial charge >= 0.3 is 0 Å². The maximum absolute atomic E-state index is 5.31. The molecule has 4 nitrogen and oxygen atoms in total. The van der Waals surface area contributed by atoms with Crippen LogP contribution in [0.15, 0.2) is 53.1 Å². The molecule has 0 unspecified atom stereocenters. The molecule has 1 aliphatic heterocycles.